The average molecular weight is 930 g/mol. The number of rotatable bonds is 7. The molecule has 0 saturated heterocycles. The van der Waals surface area contributed by atoms with Gasteiger partial charge < -0.3 is 21.7 Å². The van der Waals surface area contributed by atoms with E-state index in [1.54, 1.807) is 12.4 Å². The summed E-state index contributed by atoms with van der Waals surface area (Å²) in [4.78, 5) is 40.3. The Bertz CT molecular complexity index is 1470. The van der Waals surface area contributed by atoms with Gasteiger partial charge in [-0.2, -0.15) is 0 Å². The van der Waals surface area contributed by atoms with Crippen LogP contribution in [0.15, 0.2) is 62.8 Å². The molecule has 2 aromatic rings. The predicted octanol–water partition coefficient (Wildman–Crippen LogP) is 12.7. The minimum atomic E-state index is 0. The number of amides is 1. The van der Waals surface area contributed by atoms with Crippen LogP contribution < -0.4 is 21.7 Å². The summed E-state index contributed by atoms with van der Waals surface area (Å²) in [6.07, 6.45) is 11.0. The molecule has 0 unspecified atom stereocenters. The largest absolute Gasteiger partial charge is 0.387 e. The number of nitrogens with two attached hydrogens (primary N) is 1. The fourth-order valence-electron chi connectivity index (χ4n) is 5.11. The third kappa shape index (κ3) is 38.7. The van der Waals surface area contributed by atoms with Crippen LogP contribution in [0.3, 0.4) is 0 Å². The molecule has 6 heterocycles. The molecule has 13 nitrogen and oxygen atoms in total. The van der Waals surface area contributed by atoms with E-state index in [2.05, 4.69) is 120 Å². The monoisotopic (exact) mass is 929 g/mol. The highest BCUT2D eigenvalue weighted by Crippen LogP contribution is 2.12. The number of aromatic nitrogens is 3. The number of pyridine rings is 1. The van der Waals surface area contributed by atoms with Crippen molar-refractivity contribution in [1.29, 1.82) is 5.41 Å². The molecule has 2 aromatic heterocycles. The summed E-state index contributed by atoms with van der Waals surface area (Å²) < 4.78 is 0. The topological polar surface area (TPSA) is 191 Å². The highest BCUT2D eigenvalue weighted by atomic mass is 16.1. The van der Waals surface area contributed by atoms with Crippen molar-refractivity contribution in [2.45, 2.75) is 185 Å². The smallest absolute Gasteiger partial charge is 0.227 e. The van der Waals surface area contributed by atoms with Crippen molar-refractivity contribution in [3.8, 4) is 0 Å². The lowest BCUT2D eigenvalue weighted by molar-refractivity contribution is -0.119. The van der Waals surface area contributed by atoms with Crippen LogP contribution in [0.1, 0.15) is 197 Å². The third-order valence-corrected chi connectivity index (χ3v) is 8.98. The lowest BCUT2D eigenvalue weighted by Crippen LogP contribution is -2.37. The van der Waals surface area contributed by atoms with Crippen LogP contribution in [0.4, 0.5) is 0 Å². The summed E-state index contributed by atoms with van der Waals surface area (Å²) in [5.74, 6) is 7.83. The number of carbonyl (C=O) groups excluding carboxylic acids is 1. The first-order valence-electron chi connectivity index (χ1n) is 22.3. The van der Waals surface area contributed by atoms with E-state index >= 15 is 0 Å². The van der Waals surface area contributed by atoms with Gasteiger partial charge in [-0.05, 0) is 55.7 Å². The zero-order valence-corrected chi connectivity index (χ0v) is 40.0. The van der Waals surface area contributed by atoms with Gasteiger partial charge >= 0.3 is 0 Å². The van der Waals surface area contributed by atoms with Gasteiger partial charge in [-0.15, -0.1) is 0 Å². The van der Waals surface area contributed by atoms with Gasteiger partial charge in [-0.1, -0.05) is 148 Å². The minimum absolute atomic E-state index is 0. The molecule has 0 saturated carbocycles. The fourth-order valence-corrected chi connectivity index (χ4v) is 5.11. The molecule has 13 heteroatoms. The van der Waals surface area contributed by atoms with Crippen LogP contribution in [0.25, 0.3) is 0 Å². The van der Waals surface area contributed by atoms with Gasteiger partial charge in [0.1, 0.15) is 11.7 Å². The van der Waals surface area contributed by atoms with E-state index in [9.17, 15) is 4.79 Å². The molecule has 386 valence electrons. The van der Waals surface area contributed by atoms with Gasteiger partial charge in [0.2, 0.25) is 5.91 Å². The molecule has 0 aromatic carbocycles. The molecule has 4 aliphatic heterocycles. The Labute approximate surface area is 409 Å². The first-order chi connectivity index (χ1) is 28.4. The van der Waals surface area contributed by atoms with Crippen molar-refractivity contribution >= 4 is 35.0 Å². The molecule has 0 bridgehead atoms. The highest BCUT2D eigenvalue weighted by molar-refractivity contribution is 6.00. The van der Waals surface area contributed by atoms with E-state index in [1.807, 2.05) is 58.2 Å². The fraction of sp³-hybridized carbons (Fsp3) is 0.717. The molecule has 0 spiro atoms. The average Bonchev–Trinajstić information content (AvgIpc) is 3.80. The second-order valence-electron chi connectivity index (χ2n) is 17.0. The van der Waals surface area contributed by atoms with Gasteiger partial charge in [-0.25, -0.2) is 9.97 Å². The van der Waals surface area contributed by atoms with E-state index in [0.717, 1.165) is 50.1 Å². The zero-order chi connectivity index (χ0) is 45.5. The highest BCUT2D eigenvalue weighted by Gasteiger charge is 2.13. The third-order valence-electron chi connectivity index (χ3n) is 8.98. The quantitative estimate of drug-likeness (QED) is 0.135. The molecular weight excluding hydrogens is 821 g/mol. The molecule has 0 radical (unpaired) electrons. The maximum absolute atomic E-state index is 10.8. The number of nitrogens with one attached hydrogen (secondary N) is 4. The first-order valence-corrected chi connectivity index (χ1v) is 22.3. The summed E-state index contributed by atoms with van der Waals surface area (Å²) in [5.41, 5.74) is 7.61. The summed E-state index contributed by atoms with van der Waals surface area (Å²) in [5, 5.41) is 15.9. The van der Waals surface area contributed by atoms with Gasteiger partial charge in [0.15, 0.2) is 0 Å². The zero-order valence-electron chi connectivity index (χ0n) is 40.0. The molecule has 0 atom stereocenters. The van der Waals surface area contributed by atoms with E-state index in [1.165, 1.54) is 43.1 Å². The number of hydrogen-bond acceptors (Lipinski definition) is 11. The van der Waals surface area contributed by atoms with Crippen molar-refractivity contribution in [3.63, 3.8) is 0 Å². The number of amidine groups is 4. The van der Waals surface area contributed by atoms with Crippen molar-refractivity contribution in [2.75, 3.05) is 39.3 Å². The number of aliphatic imine (C=N–C) groups is 4. The Morgan fingerprint density at radius 1 is 0.530 bits per heavy atom. The first kappa shape index (κ1) is 75.7. The summed E-state index contributed by atoms with van der Waals surface area (Å²) in [6, 6.07) is 7.82. The van der Waals surface area contributed by atoms with Gasteiger partial charge in [0.05, 0.1) is 24.1 Å². The molecular formula is C53H108N12O. The van der Waals surface area contributed by atoms with Crippen LogP contribution >= 0.6 is 0 Å². The van der Waals surface area contributed by atoms with E-state index < -0.39 is 0 Å². The molecule has 0 fully saturated rings. The van der Waals surface area contributed by atoms with Crippen LogP contribution in [0.5, 0.6) is 0 Å². The summed E-state index contributed by atoms with van der Waals surface area (Å²) >= 11 is 0. The Morgan fingerprint density at radius 2 is 1.02 bits per heavy atom. The molecule has 6 N–H and O–H groups in total. The SMILES string of the molecule is C.C.C.C.C.C.CC(C)C(=N)N.CC(C)C1=NCCC(=O)N1.CC(C)C1=NCCCC1.CC(C)C1=NCCCN1.CC(C)C1=NCCN1.CC(C)c1ccccn1.CC(C)c1ncccn1. The maximum Gasteiger partial charge on any atom is 0.227 e. The lowest BCUT2D eigenvalue weighted by Gasteiger charge is -2.16. The standard InChI is InChI=1S/C8H15N.C8H11N.C7H12N2O.C7H14N2.C7H10N2.C6H12N2.C4H10N2.6CH4/c2*1-7(2)8-5-3-4-6-9-8;1-5(2)7-8-4-3-6(10)9-7;2*1-6(2)7-8-4-3-5-9-7;1-5(2)6-7-3-4-8-6;1-3(2)4(5)6;;;;;;/h7H,3-6H2,1-2H3;3-7H,1-2H3;5H,3-4H2,1-2H3,(H,8,9,10);6H,3-5H2,1-2H3,(H,8,9);3-6H,1-2H3;5H,3-4H2,1-2H3,(H,7,8);3H,1-2H3,(H3,5,6);6*1H4. The van der Waals surface area contributed by atoms with Crippen LogP contribution in [0, 0.1) is 35.0 Å². The van der Waals surface area contributed by atoms with Gasteiger partial charge in [0, 0.05) is 98.7 Å². The number of nitrogens with zero attached hydrogens (tertiary/aromatic N) is 7. The van der Waals surface area contributed by atoms with Crippen molar-refractivity contribution < 1.29 is 4.79 Å². The second-order valence-corrected chi connectivity index (χ2v) is 17.0. The normalized spacial score (nSPS) is 14.0. The molecule has 66 heavy (non-hydrogen) atoms. The van der Waals surface area contributed by atoms with Gasteiger partial charge in [-0.3, -0.25) is 35.2 Å². The molecule has 6 rings (SSSR count). The molecule has 4 aliphatic rings. The molecule has 0 aliphatic carbocycles. The predicted molar refractivity (Wildman–Crippen MR) is 297 cm³/mol. The van der Waals surface area contributed by atoms with Crippen LogP contribution in [-0.2, 0) is 4.79 Å². The van der Waals surface area contributed by atoms with E-state index in [4.69, 9.17) is 11.1 Å². The van der Waals surface area contributed by atoms with E-state index in [-0.39, 0.29) is 62.2 Å². The van der Waals surface area contributed by atoms with Crippen molar-refractivity contribution in [2.24, 2.45) is 55.3 Å². The van der Waals surface area contributed by atoms with Gasteiger partial charge in [0.25, 0.3) is 0 Å². The minimum Gasteiger partial charge on any atom is -0.387 e. The number of carbonyl (C=O) groups is 1. The maximum atomic E-state index is 10.8. The Balaban J connectivity index is -0.000000122. The van der Waals surface area contributed by atoms with Crippen molar-refractivity contribution in [1.82, 2.24) is 30.9 Å². The summed E-state index contributed by atoms with van der Waals surface area (Å²) in [6.45, 7) is 35.2. The van der Waals surface area contributed by atoms with E-state index in [0.29, 0.717) is 48.5 Å². The Hall–Kier alpha value is -4.55. The van der Waals surface area contributed by atoms with Crippen molar-refractivity contribution in [3.05, 3.63) is 54.4 Å². The van der Waals surface area contributed by atoms with Crippen LogP contribution in [0.2, 0.25) is 0 Å². The Morgan fingerprint density at radius 3 is 1.29 bits per heavy atom. The lowest BCUT2D eigenvalue weighted by atomic mass is 10.00. The second kappa shape index (κ2) is 45.6. The van der Waals surface area contributed by atoms with Crippen LogP contribution in [-0.4, -0.2) is 89.2 Å². The Kier molecular flexibility index (Phi) is 52.3. The summed E-state index contributed by atoms with van der Waals surface area (Å²) in [7, 11) is 0. The molecule has 1 amide bonds. The number of hydrogen-bond donors (Lipinski definition) is 5.